The van der Waals surface area contributed by atoms with Gasteiger partial charge in [-0.3, -0.25) is 0 Å². The van der Waals surface area contributed by atoms with Crippen molar-refractivity contribution in [3.8, 4) is 0 Å². The first-order valence-electron chi connectivity index (χ1n) is 5.91. The standard InChI is InChI=1S/C14H17NO2/c1-4-15-8-12(9(2)3)10-6-5-7-11(13(10)15)14(16)17/h5-9H,4H2,1-3H3,(H,16,17). The number of carbonyl (C=O) groups is 1. The molecule has 0 bridgehead atoms. The average Bonchev–Trinajstić information content (AvgIpc) is 2.67. The lowest BCUT2D eigenvalue weighted by Gasteiger charge is -2.04. The van der Waals surface area contributed by atoms with E-state index in [1.165, 1.54) is 5.56 Å². The third-order valence-electron chi connectivity index (χ3n) is 3.12. The minimum absolute atomic E-state index is 0.385. The summed E-state index contributed by atoms with van der Waals surface area (Å²) in [5, 5.41) is 10.3. The van der Waals surface area contributed by atoms with Crippen LogP contribution in [0.1, 0.15) is 42.6 Å². The number of benzene rings is 1. The van der Waals surface area contributed by atoms with Crippen LogP contribution < -0.4 is 0 Å². The van der Waals surface area contributed by atoms with Gasteiger partial charge in [0.15, 0.2) is 0 Å². The summed E-state index contributed by atoms with van der Waals surface area (Å²) in [5.41, 5.74) is 2.44. The summed E-state index contributed by atoms with van der Waals surface area (Å²) in [6.45, 7) is 7.07. The summed E-state index contributed by atoms with van der Waals surface area (Å²) in [5.74, 6) is -0.465. The molecule has 17 heavy (non-hydrogen) atoms. The third-order valence-corrected chi connectivity index (χ3v) is 3.12. The van der Waals surface area contributed by atoms with E-state index in [-0.39, 0.29) is 0 Å². The molecule has 0 amide bonds. The van der Waals surface area contributed by atoms with Gasteiger partial charge in [-0.15, -0.1) is 0 Å². The first-order chi connectivity index (χ1) is 8.06. The van der Waals surface area contributed by atoms with Gasteiger partial charge in [0.2, 0.25) is 0 Å². The van der Waals surface area contributed by atoms with Crippen molar-refractivity contribution < 1.29 is 9.90 Å². The molecule has 0 aliphatic rings. The van der Waals surface area contributed by atoms with Gasteiger partial charge in [-0.25, -0.2) is 4.79 Å². The molecule has 0 saturated carbocycles. The number of aryl methyl sites for hydroxylation is 1. The zero-order chi connectivity index (χ0) is 12.6. The monoisotopic (exact) mass is 231 g/mol. The van der Waals surface area contributed by atoms with E-state index in [2.05, 4.69) is 20.0 Å². The molecule has 0 radical (unpaired) electrons. The van der Waals surface area contributed by atoms with Crippen LogP contribution in [0, 0.1) is 0 Å². The number of rotatable bonds is 3. The Balaban J connectivity index is 2.84. The first-order valence-corrected chi connectivity index (χ1v) is 5.91. The first kappa shape index (κ1) is 11.7. The predicted molar refractivity (Wildman–Crippen MR) is 68.7 cm³/mol. The topological polar surface area (TPSA) is 42.2 Å². The molecule has 1 heterocycles. The number of fused-ring (bicyclic) bond motifs is 1. The van der Waals surface area contributed by atoms with E-state index < -0.39 is 5.97 Å². The molecule has 3 heteroatoms. The van der Waals surface area contributed by atoms with Crippen molar-refractivity contribution in [3.63, 3.8) is 0 Å². The van der Waals surface area contributed by atoms with Gasteiger partial charge < -0.3 is 9.67 Å². The van der Waals surface area contributed by atoms with Gasteiger partial charge in [0.1, 0.15) is 0 Å². The van der Waals surface area contributed by atoms with Gasteiger partial charge in [0.05, 0.1) is 11.1 Å². The molecule has 2 rings (SSSR count). The molecule has 3 nitrogen and oxygen atoms in total. The highest BCUT2D eigenvalue weighted by Gasteiger charge is 2.16. The van der Waals surface area contributed by atoms with Gasteiger partial charge in [-0.1, -0.05) is 26.0 Å². The minimum Gasteiger partial charge on any atom is -0.478 e. The van der Waals surface area contributed by atoms with Crippen LogP contribution in [0.2, 0.25) is 0 Å². The number of carboxylic acids is 1. The number of carboxylic acid groups (broad SMARTS) is 1. The molecule has 1 aromatic carbocycles. The Labute approximate surface area is 101 Å². The van der Waals surface area contributed by atoms with Gasteiger partial charge in [-0.05, 0) is 24.5 Å². The van der Waals surface area contributed by atoms with Gasteiger partial charge >= 0.3 is 5.97 Å². The molecular formula is C14H17NO2. The number of aromatic carboxylic acids is 1. The summed E-state index contributed by atoms with van der Waals surface area (Å²) in [7, 11) is 0. The fourth-order valence-corrected chi connectivity index (χ4v) is 2.27. The zero-order valence-corrected chi connectivity index (χ0v) is 10.4. The molecule has 0 saturated heterocycles. The lowest BCUT2D eigenvalue weighted by Crippen LogP contribution is -2.01. The van der Waals surface area contributed by atoms with Crippen molar-refractivity contribution in [2.75, 3.05) is 0 Å². The van der Waals surface area contributed by atoms with E-state index in [9.17, 15) is 9.90 Å². The Kier molecular flexibility index (Phi) is 2.92. The van der Waals surface area contributed by atoms with Crippen LogP contribution in [-0.4, -0.2) is 15.6 Å². The minimum atomic E-state index is -0.862. The highest BCUT2D eigenvalue weighted by Crippen LogP contribution is 2.29. The maximum Gasteiger partial charge on any atom is 0.337 e. The van der Waals surface area contributed by atoms with Crippen molar-refractivity contribution in [1.82, 2.24) is 4.57 Å². The molecule has 0 unspecified atom stereocenters. The molecule has 0 spiro atoms. The molecular weight excluding hydrogens is 214 g/mol. The number of hydrogen-bond donors (Lipinski definition) is 1. The van der Waals surface area contributed by atoms with Crippen LogP contribution in [-0.2, 0) is 6.54 Å². The van der Waals surface area contributed by atoms with Crippen molar-refractivity contribution in [1.29, 1.82) is 0 Å². The second-order valence-electron chi connectivity index (χ2n) is 4.53. The summed E-state index contributed by atoms with van der Waals surface area (Å²) >= 11 is 0. The smallest absolute Gasteiger partial charge is 0.337 e. The molecule has 0 fully saturated rings. The summed E-state index contributed by atoms with van der Waals surface area (Å²) in [6.07, 6.45) is 2.07. The fourth-order valence-electron chi connectivity index (χ4n) is 2.27. The number of nitrogens with zero attached hydrogens (tertiary/aromatic N) is 1. The van der Waals surface area contributed by atoms with E-state index in [0.717, 1.165) is 17.4 Å². The van der Waals surface area contributed by atoms with E-state index >= 15 is 0 Å². The second kappa shape index (κ2) is 4.24. The van der Waals surface area contributed by atoms with Gasteiger partial charge in [0.25, 0.3) is 0 Å². The lowest BCUT2D eigenvalue weighted by molar-refractivity contribution is 0.0698. The summed E-state index contributed by atoms with van der Waals surface area (Å²) < 4.78 is 2.02. The Morgan fingerprint density at radius 3 is 2.65 bits per heavy atom. The van der Waals surface area contributed by atoms with Crippen LogP contribution >= 0.6 is 0 Å². The van der Waals surface area contributed by atoms with E-state index in [1.807, 2.05) is 23.6 Å². The molecule has 0 atom stereocenters. The molecule has 1 aromatic heterocycles. The predicted octanol–water partition coefficient (Wildman–Crippen LogP) is 3.48. The molecule has 90 valence electrons. The molecule has 0 aliphatic heterocycles. The van der Waals surface area contributed by atoms with Gasteiger partial charge in [0, 0.05) is 18.1 Å². The molecule has 1 N–H and O–H groups in total. The highest BCUT2D eigenvalue weighted by atomic mass is 16.4. The Hall–Kier alpha value is -1.77. The number of aromatic nitrogens is 1. The molecule has 0 aliphatic carbocycles. The fraction of sp³-hybridized carbons (Fsp3) is 0.357. The van der Waals surface area contributed by atoms with Crippen LogP contribution in [0.25, 0.3) is 10.9 Å². The maximum atomic E-state index is 11.2. The average molecular weight is 231 g/mol. The Morgan fingerprint density at radius 2 is 2.12 bits per heavy atom. The van der Waals surface area contributed by atoms with E-state index in [4.69, 9.17) is 0 Å². The van der Waals surface area contributed by atoms with Crippen molar-refractivity contribution in [3.05, 3.63) is 35.5 Å². The normalized spacial score (nSPS) is 11.3. The Morgan fingerprint density at radius 1 is 1.41 bits per heavy atom. The second-order valence-corrected chi connectivity index (χ2v) is 4.53. The number of hydrogen-bond acceptors (Lipinski definition) is 1. The Bertz CT molecular complexity index is 567. The third kappa shape index (κ3) is 1.82. The SMILES string of the molecule is CCn1cc(C(C)C)c2cccc(C(=O)O)c21. The van der Waals surface area contributed by atoms with E-state index in [1.54, 1.807) is 6.07 Å². The van der Waals surface area contributed by atoms with Crippen LogP contribution in [0.3, 0.4) is 0 Å². The van der Waals surface area contributed by atoms with Crippen molar-refractivity contribution in [2.24, 2.45) is 0 Å². The van der Waals surface area contributed by atoms with E-state index in [0.29, 0.717) is 11.5 Å². The van der Waals surface area contributed by atoms with Crippen molar-refractivity contribution in [2.45, 2.75) is 33.2 Å². The van der Waals surface area contributed by atoms with Crippen LogP contribution in [0.4, 0.5) is 0 Å². The van der Waals surface area contributed by atoms with Crippen LogP contribution in [0.5, 0.6) is 0 Å². The maximum absolute atomic E-state index is 11.2. The number of para-hydroxylation sites is 1. The summed E-state index contributed by atoms with van der Waals surface area (Å²) in [4.78, 5) is 11.2. The van der Waals surface area contributed by atoms with Crippen LogP contribution in [0.15, 0.2) is 24.4 Å². The quantitative estimate of drug-likeness (QED) is 0.878. The van der Waals surface area contributed by atoms with Gasteiger partial charge in [-0.2, -0.15) is 0 Å². The summed E-state index contributed by atoms with van der Waals surface area (Å²) in [6, 6.07) is 5.49. The van der Waals surface area contributed by atoms with Crippen molar-refractivity contribution >= 4 is 16.9 Å². The zero-order valence-electron chi connectivity index (χ0n) is 10.4. The molecule has 2 aromatic rings. The lowest BCUT2D eigenvalue weighted by atomic mass is 10.0. The highest BCUT2D eigenvalue weighted by molar-refractivity contribution is 6.03. The largest absolute Gasteiger partial charge is 0.478 e.